The predicted molar refractivity (Wildman–Crippen MR) is 77.9 cm³/mol. The lowest BCUT2D eigenvalue weighted by atomic mass is 10.2. The maximum atomic E-state index is 4.57. The van der Waals surface area contributed by atoms with Gasteiger partial charge in [-0.05, 0) is 29.6 Å². The molecule has 1 rings (SSSR count). The Morgan fingerprint density at radius 3 is 2.53 bits per heavy atom. The van der Waals surface area contributed by atoms with Crippen LogP contribution in [0.15, 0.2) is 18.3 Å². The fraction of sp³-hybridized carbons (Fsp3) is 0.667. The minimum absolute atomic E-state index is 0.360. The van der Waals surface area contributed by atoms with Gasteiger partial charge in [-0.1, -0.05) is 52.6 Å². The minimum atomic E-state index is -0.360. The molecule has 0 aliphatic rings. The molecule has 0 N–H and O–H groups in total. The highest BCUT2D eigenvalue weighted by Gasteiger charge is 2.26. The van der Waals surface area contributed by atoms with E-state index in [9.17, 15) is 0 Å². The molecule has 2 heteroatoms. The van der Waals surface area contributed by atoms with Crippen molar-refractivity contribution in [3.63, 3.8) is 0 Å². The Morgan fingerprint density at radius 1 is 1.29 bits per heavy atom. The van der Waals surface area contributed by atoms with Crippen LogP contribution >= 0.6 is 0 Å². The van der Waals surface area contributed by atoms with Crippen LogP contribution in [0.2, 0.25) is 11.1 Å². The monoisotopic (exact) mass is 248 g/mol. The third-order valence-corrected chi connectivity index (χ3v) is 7.23. The zero-order chi connectivity index (χ0) is 12.9. The molecular weight excluding hydrogens is 222 g/mol. The molecular formula is C15H26NSi. The zero-order valence-electron chi connectivity index (χ0n) is 12.0. The van der Waals surface area contributed by atoms with Gasteiger partial charge in [0.25, 0.3) is 0 Å². The molecule has 0 spiro atoms. The average molecular weight is 248 g/mol. The Kier molecular flexibility index (Phi) is 5.38. The van der Waals surface area contributed by atoms with E-state index in [-0.39, 0.29) is 8.80 Å². The van der Waals surface area contributed by atoms with Crippen molar-refractivity contribution >= 4 is 8.80 Å². The van der Waals surface area contributed by atoms with Crippen molar-refractivity contribution in [2.45, 2.75) is 64.6 Å². The third-order valence-electron chi connectivity index (χ3n) is 3.39. The van der Waals surface area contributed by atoms with Gasteiger partial charge >= 0.3 is 0 Å². The van der Waals surface area contributed by atoms with E-state index in [0.29, 0.717) is 5.04 Å². The molecule has 0 atom stereocenters. The van der Waals surface area contributed by atoms with Gasteiger partial charge in [-0.25, -0.2) is 0 Å². The highest BCUT2D eigenvalue weighted by molar-refractivity contribution is 6.61. The van der Waals surface area contributed by atoms with Crippen LogP contribution in [0.25, 0.3) is 0 Å². The van der Waals surface area contributed by atoms with Crippen molar-refractivity contribution in [1.82, 2.24) is 4.98 Å². The smallest absolute Gasteiger partial charge is 0.0602 e. The SMILES string of the molecule is CCCC[Si](Cc1ncccc1C)C(C)(C)C. The van der Waals surface area contributed by atoms with Gasteiger partial charge in [0, 0.05) is 11.9 Å². The normalized spacial score (nSPS) is 12.1. The maximum Gasteiger partial charge on any atom is 0.0602 e. The van der Waals surface area contributed by atoms with Crippen LogP contribution in [0, 0.1) is 6.92 Å². The molecule has 0 amide bonds. The highest BCUT2D eigenvalue weighted by Crippen LogP contribution is 2.32. The lowest BCUT2D eigenvalue weighted by molar-refractivity contribution is 0.710. The molecule has 0 saturated carbocycles. The van der Waals surface area contributed by atoms with Crippen LogP contribution in [-0.4, -0.2) is 13.8 Å². The van der Waals surface area contributed by atoms with Gasteiger partial charge in [-0.2, -0.15) is 0 Å². The highest BCUT2D eigenvalue weighted by atomic mass is 28.3. The molecule has 0 aliphatic carbocycles. The second kappa shape index (κ2) is 6.34. The fourth-order valence-electron chi connectivity index (χ4n) is 2.02. The fourth-order valence-corrected chi connectivity index (χ4v) is 5.04. The Bertz CT molecular complexity index is 341. The lowest BCUT2D eigenvalue weighted by Gasteiger charge is -2.29. The maximum absolute atomic E-state index is 4.57. The number of aryl methyl sites for hydroxylation is 1. The number of rotatable bonds is 5. The van der Waals surface area contributed by atoms with Gasteiger partial charge in [0.05, 0.1) is 8.80 Å². The molecule has 95 valence electrons. The van der Waals surface area contributed by atoms with Gasteiger partial charge in [-0.3, -0.25) is 4.98 Å². The van der Waals surface area contributed by atoms with E-state index in [2.05, 4.69) is 45.7 Å². The largest absolute Gasteiger partial charge is 0.261 e. The van der Waals surface area contributed by atoms with Crippen molar-refractivity contribution in [3.8, 4) is 0 Å². The van der Waals surface area contributed by atoms with E-state index in [1.165, 1.54) is 36.2 Å². The molecule has 0 bridgehead atoms. The molecule has 0 unspecified atom stereocenters. The van der Waals surface area contributed by atoms with Gasteiger partial charge in [0.1, 0.15) is 0 Å². The minimum Gasteiger partial charge on any atom is -0.261 e. The Labute approximate surface area is 108 Å². The topological polar surface area (TPSA) is 12.9 Å². The van der Waals surface area contributed by atoms with Crippen LogP contribution in [0.3, 0.4) is 0 Å². The average Bonchev–Trinajstić information content (AvgIpc) is 2.25. The Balaban J connectivity index is 2.76. The number of pyridine rings is 1. The standard InChI is InChI=1S/C15H26NSi/c1-6-7-11-17(15(3,4)5)12-14-13(2)9-8-10-16-14/h8-10H,6-7,11-12H2,1-5H3. The van der Waals surface area contributed by atoms with Crippen molar-refractivity contribution in [2.75, 3.05) is 0 Å². The van der Waals surface area contributed by atoms with Gasteiger partial charge in [0.2, 0.25) is 0 Å². The van der Waals surface area contributed by atoms with Crippen LogP contribution in [0.5, 0.6) is 0 Å². The number of hydrogen-bond acceptors (Lipinski definition) is 1. The van der Waals surface area contributed by atoms with E-state index < -0.39 is 0 Å². The second-order valence-electron chi connectivity index (χ2n) is 5.90. The summed E-state index contributed by atoms with van der Waals surface area (Å²) >= 11 is 0. The lowest BCUT2D eigenvalue weighted by Crippen LogP contribution is -2.29. The predicted octanol–water partition coefficient (Wildman–Crippen LogP) is 4.57. The Morgan fingerprint density at radius 2 is 2.00 bits per heavy atom. The number of hydrogen-bond donors (Lipinski definition) is 0. The van der Waals surface area contributed by atoms with Crippen LogP contribution in [0.1, 0.15) is 51.8 Å². The first-order valence-corrected chi connectivity index (χ1v) is 8.62. The number of aromatic nitrogens is 1. The quantitative estimate of drug-likeness (QED) is 0.696. The summed E-state index contributed by atoms with van der Waals surface area (Å²) in [6, 6.07) is 6.86. The summed E-state index contributed by atoms with van der Waals surface area (Å²) in [5.41, 5.74) is 2.68. The van der Waals surface area contributed by atoms with Crippen LogP contribution < -0.4 is 0 Å². The van der Waals surface area contributed by atoms with Crippen molar-refractivity contribution < 1.29 is 0 Å². The zero-order valence-corrected chi connectivity index (χ0v) is 13.0. The summed E-state index contributed by atoms with van der Waals surface area (Å²) in [6.07, 6.45) is 4.62. The van der Waals surface area contributed by atoms with Crippen LogP contribution in [0.4, 0.5) is 0 Å². The van der Waals surface area contributed by atoms with E-state index >= 15 is 0 Å². The molecule has 0 aromatic carbocycles. The molecule has 0 saturated heterocycles. The molecule has 17 heavy (non-hydrogen) atoms. The first kappa shape index (κ1) is 14.4. The van der Waals surface area contributed by atoms with E-state index in [0.717, 1.165) is 0 Å². The number of unbranched alkanes of at least 4 members (excludes halogenated alkanes) is 1. The summed E-state index contributed by atoms with van der Waals surface area (Å²) in [5.74, 6) is 0. The first-order chi connectivity index (χ1) is 7.95. The van der Waals surface area contributed by atoms with Gasteiger partial charge in [0.15, 0.2) is 0 Å². The second-order valence-corrected chi connectivity index (χ2v) is 9.46. The third kappa shape index (κ3) is 4.62. The molecule has 1 aromatic heterocycles. The molecule has 1 heterocycles. The summed E-state index contributed by atoms with van der Waals surface area (Å²) in [5, 5.41) is 0.476. The van der Waals surface area contributed by atoms with Crippen molar-refractivity contribution in [3.05, 3.63) is 29.6 Å². The van der Waals surface area contributed by atoms with E-state index in [4.69, 9.17) is 0 Å². The molecule has 1 aromatic rings. The number of nitrogens with zero attached hydrogens (tertiary/aromatic N) is 1. The van der Waals surface area contributed by atoms with Crippen molar-refractivity contribution in [1.29, 1.82) is 0 Å². The Hall–Kier alpha value is -0.633. The molecule has 0 fully saturated rings. The van der Waals surface area contributed by atoms with Gasteiger partial charge < -0.3 is 0 Å². The van der Waals surface area contributed by atoms with Crippen molar-refractivity contribution in [2.24, 2.45) is 0 Å². The summed E-state index contributed by atoms with van der Waals surface area (Å²) in [6.45, 7) is 11.7. The molecule has 1 radical (unpaired) electrons. The van der Waals surface area contributed by atoms with E-state index in [1.54, 1.807) is 0 Å². The first-order valence-electron chi connectivity index (χ1n) is 6.70. The molecule has 1 nitrogen and oxygen atoms in total. The summed E-state index contributed by atoms with van der Waals surface area (Å²) < 4.78 is 0. The molecule has 0 aliphatic heterocycles. The van der Waals surface area contributed by atoms with Gasteiger partial charge in [-0.15, -0.1) is 0 Å². The summed E-state index contributed by atoms with van der Waals surface area (Å²) in [4.78, 5) is 4.57. The summed E-state index contributed by atoms with van der Waals surface area (Å²) in [7, 11) is -0.360. The van der Waals surface area contributed by atoms with Crippen LogP contribution in [-0.2, 0) is 6.04 Å². The van der Waals surface area contributed by atoms with E-state index in [1.807, 2.05) is 12.3 Å².